The Balaban J connectivity index is 0.000000584. The second-order valence-corrected chi connectivity index (χ2v) is 10.9. The molecule has 0 amide bonds. The Kier molecular flexibility index (Phi) is 13.7. The molecule has 0 heterocycles. The lowest BCUT2D eigenvalue weighted by molar-refractivity contribution is -0.325. The van der Waals surface area contributed by atoms with Gasteiger partial charge >= 0.3 is 18.1 Å². The summed E-state index contributed by atoms with van der Waals surface area (Å²) in [4.78, 5) is 54.7. The first-order chi connectivity index (χ1) is 18.2. The highest BCUT2D eigenvalue weighted by Gasteiger charge is 2.30. The van der Waals surface area contributed by atoms with Crippen LogP contribution < -0.4 is 0 Å². The van der Waals surface area contributed by atoms with Gasteiger partial charge in [-0.15, -0.1) is 0 Å². The average molecular weight is 547 g/mol. The highest BCUT2D eigenvalue weighted by molar-refractivity contribution is 5.89. The number of carbonyl (C=O) groups excluding carboxylic acids is 2. The van der Waals surface area contributed by atoms with Crippen LogP contribution in [-0.2, 0) is 24.3 Å². The maximum atomic E-state index is 12.0. The highest BCUT2D eigenvalue weighted by atomic mass is 17.2. The maximum absolute atomic E-state index is 12.0. The van der Waals surface area contributed by atoms with Gasteiger partial charge in [-0.3, -0.25) is 9.78 Å². The minimum absolute atomic E-state index is 0.412. The Morgan fingerprint density at radius 3 is 1.36 bits per heavy atom. The molecule has 0 spiro atoms. The van der Waals surface area contributed by atoms with Crippen LogP contribution in [0.3, 0.4) is 0 Å². The van der Waals surface area contributed by atoms with Crippen molar-refractivity contribution in [3.05, 3.63) is 71.8 Å². The fourth-order valence-corrected chi connectivity index (χ4v) is 3.12. The molecule has 0 radical (unpaired) electrons. The van der Waals surface area contributed by atoms with Crippen molar-refractivity contribution in [1.29, 1.82) is 0 Å². The van der Waals surface area contributed by atoms with E-state index in [4.69, 9.17) is 24.7 Å². The first-order valence-corrected chi connectivity index (χ1v) is 13.0. The summed E-state index contributed by atoms with van der Waals surface area (Å²) in [6.07, 6.45) is 2.67. The van der Waals surface area contributed by atoms with Gasteiger partial charge in [-0.25, -0.2) is 14.4 Å². The van der Waals surface area contributed by atoms with Gasteiger partial charge in [0.05, 0.1) is 11.1 Å². The number of rotatable bonds is 13. The van der Waals surface area contributed by atoms with Gasteiger partial charge in [-0.05, 0) is 91.5 Å². The third-order valence-electron chi connectivity index (χ3n) is 5.53. The molecule has 216 valence electrons. The topological polar surface area (TPSA) is 118 Å². The molecule has 9 heteroatoms. The minimum atomic E-state index is -1.19. The van der Waals surface area contributed by atoms with Crippen molar-refractivity contribution in [3.8, 4) is 0 Å². The molecule has 2 aromatic carbocycles. The molecule has 0 aliphatic carbocycles. The Labute approximate surface area is 231 Å². The number of ether oxygens (including phenoxy) is 1. The fraction of sp³-hybridized carbons (Fsp3) is 0.500. The minimum Gasteiger partial charge on any atom is -0.450 e. The molecule has 2 aromatic rings. The van der Waals surface area contributed by atoms with Gasteiger partial charge in [0.1, 0.15) is 16.8 Å². The van der Waals surface area contributed by atoms with Crippen LogP contribution in [0.1, 0.15) is 101 Å². The van der Waals surface area contributed by atoms with Crippen LogP contribution in [-0.4, -0.2) is 40.0 Å². The van der Waals surface area contributed by atoms with Crippen LogP contribution in [0, 0.1) is 0 Å². The van der Waals surface area contributed by atoms with Crippen LogP contribution in [0.25, 0.3) is 0 Å². The van der Waals surface area contributed by atoms with Crippen LogP contribution in [0.15, 0.2) is 60.7 Å². The summed E-state index contributed by atoms with van der Waals surface area (Å²) < 4.78 is 4.66. The van der Waals surface area contributed by atoms with E-state index < -0.39 is 34.9 Å². The zero-order valence-electron chi connectivity index (χ0n) is 24.0. The van der Waals surface area contributed by atoms with Gasteiger partial charge in [-0.1, -0.05) is 49.7 Å². The molecule has 9 nitrogen and oxygen atoms in total. The van der Waals surface area contributed by atoms with Gasteiger partial charge in [-0.2, -0.15) is 9.78 Å². The van der Waals surface area contributed by atoms with Crippen molar-refractivity contribution < 1.29 is 43.8 Å². The largest absolute Gasteiger partial charge is 0.506 e. The van der Waals surface area contributed by atoms with Crippen molar-refractivity contribution >= 4 is 18.1 Å². The lowest BCUT2D eigenvalue weighted by Gasteiger charge is -2.28. The lowest BCUT2D eigenvalue weighted by atomic mass is 9.94. The lowest BCUT2D eigenvalue weighted by Crippen LogP contribution is -2.32. The second kappa shape index (κ2) is 15.9. The number of carboxylic acid groups (broad SMARTS) is 1. The average Bonchev–Trinajstić information content (AvgIpc) is 2.89. The number of carbonyl (C=O) groups is 3. The highest BCUT2D eigenvalue weighted by Crippen LogP contribution is 2.26. The molecular weight excluding hydrogens is 504 g/mol. The molecule has 0 atom stereocenters. The van der Waals surface area contributed by atoms with Crippen LogP contribution >= 0.6 is 0 Å². The first-order valence-electron chi connectivity index (χ1n) is 13.0. The summed E-state index contributed by atoms with van der Waals surface area (Å²) in [5, 5.41) is 8.33. The zero-order valence-corrected chi connectivity index (χ0v) is 24.0. The first kappa shape index (κ1) is 33.6. The van der Waals surface area contributed by atoms with Gasteiger partial charge in [0.2, 0.25) is 0 Å². The van der Waals surface area contributed by atoms with E-state index >= 15 is 0 Å². The molecule has 0 saturated carbocycles. The summed E-state index contributed by atoms with van der Waals surface area (Å²) in [5.74, 6) is -1.11. The van der Waals surface area contributed by atoms with Gasteiger partial charge in [0.25, 0.3) is 0 Å². The van der Waals surface area contributed by atoms with Gasteiger partial charge in [0.15, 0.2) is 0 Å². The van der Waals surface area contributed by atoms with E-state index in [9.17, 15) is 14.4 Å². The number of hydrogen-bond donors (Lipinski definition) is 1. The Morgan fingerprint density at radius 2 is 1.03 bits per heavy atom. The van der Waals surface area contributed by atoms with Crippen molar-refractivity contribution in [1.82, 2.24) is 0 Å². The smallest absolute Gasteiger partial charge is 0.450 e. The summed E-state index contributed by atoms with van der Waals surface area (Å²) >= 11 is 0. The molecule has 0 aliphatic rings. The molecule has 0 bridgehead atoms. The maximum Gasteiger partial charge on any atom is 0.506 e. The quantitative estimate of drug-likeness (QED) is 0.154. The molecule has 0 aromatic heterocycles. The Morgan fingerprint density at radius 1 is 0.641 bits per heavy atom. The molecule has 0 aliphatic heterocycles. The summed E-state index contributed by atoms with van der Waals surface area (Å²) in [6.45, 7) is 12.9. The predicted octanol–water partition coefficient (Wildman–Crippen LogP) is 7.55. The molecule has 2 rings (SSSR count). The second-order valence-electron chi connectivity index (χ2n) is 10.9. The monoisotopic (exact) mass is 546 g/mol. The van der Waals surface area contributed by atoms with Crippen LogP contribution in [0.5, 0.6) is 0 Å². The third kappa shape index (κ3) is 14.9. The van der Waals surface area contributed by atoms with E-state index in [1.165, 1.54) is 0 Å². The summed E-state index contributed by atoms with van der Waals surface area (Å²) in [7, 11) is 0. The summed E-state index contributed by atoms with van der Waals surface area (Å²) in [5.41, 5.74) is -1.19. The molecule has 0 saturated heterocycles. The standard InChI is InChI=1S/C22H26O6.C8H16O3/c1-21(2,27-25-19(23)17-11-7-5-8-12-17)15-16-22(3,4)28-26-20(24)18-13-9-6-10-14-18;1-4-5-6-8(2,3)11-7(9)10/h5-14H,15-16H2,1-4H3;4-6H2,1-3H3,(H,9,10). The number of hydrogen-bond acceptors (Lipinski definition) is 8. The van der Waals surface area contributed by atoms with E-state index in [1.54, 1.807) is 90.1 Å². The molecule has 0 fully saturated rings. The normalized spacial score (nSPS) is 11.6. The molecule has 0 unspecified atom stereocenters. The molecule has 39 heavy (non-hydrogen) atoms. The van der Waals surface area contributed by atoms with E-state index in [-0.39, 0.29) is 0 Å². The van der Waals surface area contributed by atoms with Crippen molar-refractivity contribution in [3.63, 3.8) is 0 Å². The zero-order chi connectivity index (χ0) is 29.5. The van der Waals surface area contributed by atoms with Crippen LogP contribution in [0.4, 0.5) is 4.79 Å². The SMILES string of the molecule is CC(C)(CCC(C)(C)OOC(=O)c1ccccc1)OOC(=O)c1ccccc1.CCCCC(C)(C)OC(=O)O. The summed E-state index contributed by atoms with van der Waals surface area (Å²) in [6, 6.07) is 17.2. The van der Waals surface area contributed by atoms with Crippen LogP contribution in [0.2, 0.25) is 0 Å². The van der Waals surface area contributed by atoms with Gasteiger partial charge < -0.3 is 9.84 Å². The van der Waals surface area contributed by atoms with E-state index in [0.29, 0.717) is 24.0 Å². The van der Waals surface area contributed by atoms with Gasteiger partial charge in [0, 0.05) is 0 Å². The Hall–Kier alpha value is -3.43. The fourth-order valence-electron chi connectivity index (χ4n) is 3.12. The van der Waals surface area contributed by atoms with Crippen molar-refractivity contribution in [2.45, 2.75) is 97.4 Å². The van der Waals surface area contributed by atoms with Crippen molar-refractivity contribution in [2.75, 3.05) is 0 Å². The Bertz CT molecular complexity index is 948. The third-order valence-corrected chi connectivity index (χ3v) is 5.53. The molecular formula is C30H42O9. The van der Waals surface area contributed by atoms with E-state index in [1.807, 2.05) is 12.1 Å². The van der Waals surface area contributed by atoms with E-state index in [2.05, 4.69) is 11.7 Å². The number of unbranched alkanes of at least 4 members (excludes halogenated alkanes) is 1. The van der Waals surface area contributed by atoms with Crippen molar-refractivity contribution in [2.24, 2.45) is 0 Å². The number of benzene rings is 2. The molecule has 1 N–H and O–H groups in total. The van der Waals surface area contributed by atoms with E-state index in [0.717, 1.165) is 19.3 Å². The predicted molar refractivity (Wildman–Crippen MR) is 146 cm³/mol.